The van der Waals surface area contributed by atoms with Crippen molar-refractivity contribution in [3.63, 3.8) is 0 Å². The lowest BCUT2D eigenvalue weighted by Gasteiger charge is -2.01. The predicted octanol–water partition coefficient (Wildman–Crippen LogP) is 2.32. The lowest BCUT2D eigenvalue weighted by molar-refractivity contribution is 0.107. The fourth-order valence-corrected chi connectivity index (χ4v) is 1.45. The Morgan fingerprint density at radius 1 is 1.21 bits per heavy atom. The first-order valence-electron chi connectivity index (χ1n) is 4.11. The van der Waals surface area contributed by atoms with Gasteiger partial charge in [0.25, 0.3) is 5.24 Å². The van der Waals surface area contributed by atoms with Crippen LogP contribution in [0.3, 0.4) is 0 Å². The smallest absolute Gasteiger partial charge is 0.272 e. The number of hydrogen-bond acceptors (Lipinski definition) is 3. The van der Waals surface area contributed by atoms with Gasteiger partial charge in [-0.3, -0.25) is 4.79 Å². The van der Waals surface area contributed by atoms with Gasteiger partial charge in [0.05, 0.1) is 16.7 Å². The Balaban J connectivity index is 2.77. The minimum Gasteiger partial charge on any atom is -0.274 e. The minimum atomic E-state index is -0.569. The van der Waals surface area contributed by atoms with Crippen molar-refractivity contribution in [3.8, 4) is 0 Å². The second-order valence-electron chi connectivity index (χ2n) is 2.92. The van der Waals surface area contributed by atoms with E-state index in [9.17, 15) is 4.79 Å². The zero-order chi connectivity index (χ0) is 10.1. The number of carbonyl (C=O) groups is 1. The Bertz CT molecular complexity index is 510. The molecule has 2 rings (SSSR count). The first-order chi connectivity index (χ1) is 6.68. The third-order valence-electron chi connectivity index (χ3n) is 1.93. The molecule has 0 bridgehead atoms. The van der Waals surface area contributed by atoms with Gasteiger partial charge in [0, 0.05) is 0 Å². The van der Waals surface area contributed by atoms with Crippen LogP contribution in [0.15, 0.2) is 24.3 Å². The number of hydrogen-bond donors (Lipinski definition) is 0. The molecule has 0 unspecified atom stereocenters. The molecule has 0 fully saturated rings. The molecule has 0 N–H and O–H groups in total. The van der Waals surface area contributed by atoms with Gasteiger partial charge in [0.2, 0.25) is 0 Å². The molecule has 70 valence electrons. The standard InChI is InChI=1S/C10H7ClN2O/c1-6-9(10(11)14)13-8-5-3-2-4-7(8)12-6/h2-5H,1H3. The van der Waals surface area contributed by atoms with Crippen LogP contribution in [-0.2, 0) is 0 Å². The molecule has 0 atom stereocenters. The summed E-state index contributed by atoms with van der Waals surface area (Å²) in [6.07, 6.45) is 0. The molecule has 2 aromatic rings. The summed E-state index contributed by atoms with van der Waals surface area (Å²) >= 11 is 5.37. The van der Waals surface area contributed by atoms with Crippen molar-refractivity contribution < 1.29 is 4.79 Å². The van der Waals surface area contributed by atoms with Gasteiger partial charge >= 0.3 is 0 Å². The molecule has 0 radical (unpaired) electrons. The third kappa shape index (κ3) is 1.46. The van der Waals surface area contributed by atoms with Gasteiger partial charge in [0.15, 0.2) is 0 Å². The number of rotatable bonds is 1. The van der Waals surface area contributed by atoms with Gasteiger partial charge in [-0.25, -0.2) is 9.97 Å². The number of nitrogens with zero attached hydrogens (tertiary/aromatic N) is 2. The molecule has 0 saturated carbocycles. The average Bonchev–Trinajstić information content (AvgIpc) is 2.16. The van der Waals surface area contributed by atoms with Crippen molar-refractivity contribution in [3.05, 3.63) is 35.7 Å². The van der Waals surface area contributed by atoms with Gasteiger partial charge < -0.3 is 0 Å². The highest BCUT2D eigenvalue weighted by atomic mass is 35.5. The second-order valence-corrected chi connectivity index (χ2v) is 3.26. The van der Waals surface area contributed by atoms with Crippen LogP contribution in [0.2, 0.25) is 0 Å². The zero-order valence-corrected chi connectivity index (χ0v) is 8.25. The van der Waals surface area contributed by atoms with Crippen molar-refractivity contribution in [2.75, 3.05) is 0 Å². The maximum atomic E-state index is 11.0. The summed E-state index contributed by atoms with van der Waals surface area (Å²) in [6, 6.07) is 7.36. The number of aryl methyl sites for hydroxylation is 1. The molecule has 0 saturated heterocycles. The Morgan fingerprint density at radius 3 is 2.36 bits per heavy atom. The quantitative estimate of drug-likeness (QED) is 0.673. The molecule has 14 heavy (non-hydrogen) atoms. The van der Waals surface area contributed by atoms with E-state index in [1.54, 1.807) is 13.0 Å². The highest BCUT2D eigenvalue weighted by molar-refractivity contribution is 6.67. The van der Waals surface area contributed by atoms with E-state index in [0.29, 0.717) is 11.2 Å². The van der Waals surface area contributed by atoms with Crippen LogP contribution in [-0.4, -0.2) is 15.2 Å². The van der Waals surface area contributed by atoms with Crippen molar-refractivity contribution >= 4 is 27.9 Å². The molecule has 1 aromatic heterocycles. The highest BCUT2D eigenvalue weighted by Crippen LogP contribution is 2.13. The summed E-state index contributed by atoms with van der Waals surface area (Å²) in [5.74, 6) is 0. The van der Waals surface area contributed by atoms with E-state index in [0.717, 1.165) is 5.52 Å². The van der Waals surface area contributed by atoms with Crippen molar-refractivity contribution in [1.29, 1.82) is 0 Å². The summed E-state index contributed by atoms with van der Waals surface area (Å²) in [5.41, 5.74) is 2.24. The molecule has 3 nitrogen and oxygen atoms in total. The van der Waals surface area contributed by atoms with Gasteiger partial charge in [-0.1, -0.05) is 12.1 Å². The van der Waals surface area contributed by atoms with Crippen molar-refractivity contribution in [2.24, 2.45) is 0 Å². The van der Waals surface area contributed by atoms with E-state index in [2.05, 4.69) is 9.97 Å². The van der Waals surface area contributed by atoms with Crippen LogP contribution in [0, 0.1) is 6.92 Å². The topological polar surface area (TPSA) is 42.9 Å². The van der Waals surface area contributed by atoms with Crippen LogP contribution in [0.5, 0.6) is 0 Å². The number of benzene rings is 1. The van der Waals surface area contributed by atoms with Gasteiger partial charge in [-0.15, -0.1) is 0 Å². The molecule has 4 heteroatoms. The summed E-state index contributed by atoms with van der Waals surface area (Å²) in [6.45, 7) is 1.72. The van der Waals surface area contributed by atoms with E-state index in [1.165, 1.54) is 0 Å². The fourth-order valence-electron chi connectivity index (χ4n) is 1.27. The maximum absolute atomic E-state index is 11.0. The summed E-state index contributed by atoms with van der Waals surface area (Å²) in [7, 11) is 0. The van der Waals surface area contributed by atoms with E-state index in [1.807, 2.05) is 18.2 Å². The molecule has 0 spiro atoms. The Kier molecular flexibility index (Phi) is 2.17. The summed E-state index contributed by atoms with van der Waals surface area (Å²) < 4.78 is 0. The first kappa shape index (κ1) is 9.09. The lowest BCUT2D eigenvalue weighted by Crippen LogP contribution is -2.01. The largest absolute Gasteiger partial charge is 0.274 e. The SMILES string of the molecule is Cc1nc2ccccc2nc1C(=O)Cl. The molecule has 0 aliphatic heterocycles. The van der Waals surface area contributed by atoms with E-state index in [-0.39, 0.29) is 5.69 Å². The summed E-state index contributed by atoms with van der Waals surface area (Å²) in [5, 5.41) is -0.569. The Labute approximate surface area is 85.7 Å². The normalized spacial score (nSPS) is 10.4. The second kappa shape index (κ2) is 3.35. The molecule has 1 heterocycles. The Morgan fingerprint density at radius 2 is 1.79 bits per heavy atom. The van der Waals surface area contributed by atoms with Gasteiger partial charge in [-0.05, 0) is 30.7 Å². The van der Waals surface area contributed by atoms with Crippen LogP contribution < -0.4 is 0 Å². The maximum Gasteiger partial charge on any atom is 0.272 e. The average molecular weight is 207 g/mol. The number of aromatic nitrogens is 2. The van der Waals surface area contributed by atoms with Gasteiger partial charge in [0.1, 0.15) is 5.69 Å². The highest BCUT2D eigenvalue weighted by Gasteiger charge is 2.10. The number of halogens is 1. The molecular formula is C10H7ClN2O. The molecular weight excluding hydrogens is 200 g/mol. The van der Waals surface area contributed by atoms with Crippen molar-refractivity contribution in [1.82, 2.24) is 9.97 Å². The Hall–Kier alpha value is -1.48. The monoisotopic (exact) mass is 206 g/mol. The van der Waals surface area contributed by atoms with Crippen LogP contribution in [0.25, 0.3) is 11.0 Å². The molecule has 1 aromatic carbocycles. The first-order valence-corrected chi connectivity index (χ1v) is 4.49. The summed E-state index contributed by atoms with van der Waals surface area (Å²) in [4.78, 5) is 19.3. The molecule has 0 amide bonds. The zero-order valence-electron chi connectivity index (χ0n) is 7.49. The van der Waals surface area contributed by atoms with Crippen LogP contribution in [0.1, 0.15) is 16.2 Å². The minimum absolute atomic E-state index is 0.227. The van der Waals surface area contributed by atoms with E-state index < -0.39 is 5.24 Å². The van der Waals surface area contributed by atoms with E-state index in [4.69, 9.17) is 11.6 Å². The lowest BCUT2D eigenvalue weighted by atomic mass is 10.2. The van der Waals surface area contributed by atoms with Crippen LogP contribution >= 0.6 is 11.6 Å². The fraction of sp³-hybridized carbons (Fsp3) is 0.100. The number of para-hydroxylation sites is 2. The van der Waals surface area contributed by atoms with Gasteiger partial charge in [-0.2, -0.15) is 0 Å². The van der Waals surface area contributed by atoms with E-state index >= 15 is 0 Å². The molecule has 0 aliphatic carbocycles. The predicted molar refractivity (Wildman–Crippen MR) is 54.5 cm³/mol. The van der Waals surface area contributed by atoms with Crippen LogP contribution in [0.4, 0.5) is 0 Å². The molecule has 0 aliphatic rings. The number of carbonyl (C=O) groups excluding carboxylic acids is 1. The van der Waals surface area contributed by atoms with Crippen molar-refractivity contribution in [2.45, 2.75) is 6.92 Å². The third-order valence-corrected chi connectivity index (χ3v) is 2.11. The number of fused-ring (bicyclic) bond motifs is 1.